The summed E-state index contributed by atoms with van der Waals surface area (Å²) in [5, 5.41) is 6.16. The van der Waals surface area contributed by atoms with Crippen molar-refractivity contribution in [2.45, 2.75) is 6.92 Å². The van der Waals surface area contributed by atoms with Crippen LogP contribution in [0.25, 0.3) is 11.0 Å². The minimum Gasteiger partial charge on any atom is -0.378 e. The molecule has 0 aliphatic carbocycles. The molecule has 1 amide bonds. The molecule has 4 aromatic rings. The van der Waals surface area contributed by atoms with E-state index in [1.54, 1.807) is 30.6 Å². The van der Waals surface area contributed by atoms with Crippen LogP contribution in [0.3, 0.4) is 0 Å². The fourth-order valence-corrected chi connectivity index (χ4v) is 3.64. The minimum absolute atomic E-state index is 0.208. The van der Waals surface area contributed by atoms with Gasteiger partial charge in [0.15, 0.2) is 0 Å². The van der Waals surface area contributed by atoms with Crippen LogP contribution in [0.15, 0.2) is 60.9 Å². The molecule has 0 atom stereocenters. The lowest BCUT2D eigenvalue weighted by molar-refractivity contribution is 0.102. The first-order valence-electron chi connectivity index (χ1n) is 10.7. The number of fused-ring (bicyclic) bond motifs is 1. The lowest BCUT2D eigenvalue weighted by Gasteiger charge is -2.28. The van der Waals surface area contributed by atoms with Crippen molar-refractivity contribution in [3.63, 3.8) is 0 Å². The molecule has 0 spiro atoms. The number of aromatic nitrogens is 4. The van der Waals surface area contributed by atoms with Gasteiger partial charge in [-0.2, -0.15) is 4.98 Å². The molecule has 3 heterocycles. The summed E-state index contributed by atoms with van der Waals surface area (Å²) in [4.78, 5) is 32.5. The third-order valence-corrected chi connectivity index (χ3v) is 5.31. The van der Waals surface area contributed by atoms with Gasteiger partial charge < -0.3 is 20.3 Å². The predicted octanol–water partition coefficient (Wildman–Crippen LogP) is 3.56. The van der Waals surface area contributed by atoms with E-state index in [-0.39, 0.29) is 5.91 Å². The van der Waals surface area contributed by atoms with Crippen LogP contribution in [-0.2, 0) is 4.74 Å². The van der Waals surface area contributed by atoms with E-state index in [0.717, 1.165) is 35.8 Å². The molecule has 0 saturated carbocycles. The number of amides is 1. The maximum atomic E-state index is 12.7. The van der Waals surface area contributed by atoms with Gasteiger partial charge in [-0.25, -0.2) is 4.98 Å². The lowest BCUT2D eigenvalue weighted by Crippen LogP contribution is -2.36. The monoisotopic (exact) mass is 441 g/mol. The van der Waals surface area contributed by atoms with Crippen LogP contribution in [0.1, 0.15) is 16.1 Å². The van der Waals surface area contributed by atoms with Crippen molar-refractivity contribution in [1.82, 2.24) is 19.9 Å². The van der Waals surface area contributed by atoms with E-state index in [1.165, 1.54) is 0 Å². The summed E-state index contributed by atoms with van der Waals surface area (Å²) in [6, 6.07) is 14.7. The van der Waals surface area contributed by atoms with E-state index in [4.69, 9.17) is 4.74 Å². The number of carbonyl (C=O) groups excluding carboxylic acids is 1. The highest BCUT2D eigenvalue weighted by Gasteiger charge is 2.14. The molecule has 9 heteroatoms. The SMILES string of the molecule is Cc1cc(N2CCOCC2)nc(Nc2ccc(NC(=O)c3ccc4nccnc4c3)cc2)n1. The smallest absolute Gasteiger partial charge is 0.255 e. The summed E-state index contributed by atoms with van der Waals surface area (Å²) in [5.41, 5.74) is 4.35. The van der Waals surface area contributed by atoms with Crippen LogP contribution in [0.2, 0.25) is 0 Å². The second kappa shape index (κ2) is 9.17. The van der Waals surface area contributed by atoms with Crippen LogP contribution >= 0.6 is 0 Å². The van der Waals surface area contributed by atoms with Gasteiger partial charge in [-0.3, -0.25) is 14.8 Å². The number of ether oxygens (including phenoxy) is 1. The van der Waals surface area contributed by atoms with Crippen LogP contribution in [0.4, 0.5) is 23.1 Å². The Morgan fingerprint density at radius 2 is 1.64 bits per heavy atom. The number of aryl methyl sites for hydroxylation is 1. The van der Waals surface area contributed by atoms with E-state index in [9.17, 15) is 4.79 Å². The molecule has 0 radical (unpaired) electrons. The van der Waals surface area contributed by atoms with Crippen LogP contribution in [0.5, 0.6) is 0 Å². The molecular weight excluding hydrogens is 418 g/mol. The largest absolute Gasteiger partial charge is 0.378 e. The molecule has 2 aromatic carbocycles. The molecule has 1 aliphatic rings. The van der Waals surface area contributed by atoms with Crippen molar-refractivity contribution in [2.75, 3.05) is 41.8 Å². The zero-order valence-corrected chi connectivity index (χ0v) is 18.2. The van der Waals surface area contributed by atoms with Gasteiger partial charge >= 0.3 is 0 Å². The number of morpholine rings is 1. The molecule has 2 aromatic heterocycles. The Morgan fingerprint density at radius 1 is 0.909 bits per heavy atom. The molecule has 166 valence electrons. The zero-order chi connectivity index (χ0) is 22.6. The Morgan fingerprint density at radius 3 is 2.42 bits per heavy atom. The Labute approximate surface area is 190 Å². The van der Waals surface area contributed by atoms with Gasteiger partial charge in [-0.1, -0.05) is 0 Å². The quantitative estimate of drug-likeness (QED) is 0.484. The maximum absolute atomic E-state index is 12.7. The molecule has 33 heavy (non-hydrogen) atoms. The van der Waals surface area contributed by atoms with Crippen molar-refractivity contribution in [2.24, 2.45) is 0 Å². The number of hydrogen-bond donors (Lipinski definition) is 2. The average molecular weight is 441 g/mol. The van der Waals surface area contributed by atoms with Gasteiger partial charge in [-0.05, 0) is 49.4 Å². The number of hydrogen-bond acceptors (Lipinski definition) is 8. The molecule has 1 fully saturated rings. The van der Waals surface area contributed by atoms with Crippen LogP contribution < -0.4 is 15.5 Å². The Bertz CT molecular complexity index is 1290. The highest BCUT2D eigenvalue weighted by molar-refractivity contribution is 6.05. The van der Waals surface area contributed by atoms with Crippen molar-refractivity contribution in [3.05, 3.63) is 72.2 Å². The molecule has 1 aliphatic heterocycles. The zero-order valence-electron chi connectivity index (χ0n) is 18.2. The third-order valence-electron chi connectivity index (χ3n) is 5.31. The first-order valence-corrected chi connectivity index (χ1v) is 10.7. The summed E-state index contributed by atoms with van der Waals surface area (Å²) < 4.78 is 5.43. The number of rotatable bonds is 5. The van der Waals surface area contributed by atoms with Crippen molar-refractivity contribution >= 4 is 40.1 Å². The molecule has 2 N–H and O–H groups in total. The maximum Gasteiger partial charge on any atom is 0.255 e. The molecule has 1 saturated heterocycles. The van der Waals surface area contributed by atoms with Gasteiger partial charge in [0.05, 0.1) is 24.2 Å². The van der Waals surface area contributed by atoms with Gasteiger partial charge in [0.25, 0.3) is 5.91 Å². The summed E-state index contributed by atoms with van der Waals surface area (Å²) in [6.45, 7) is 4.98. The highest BCUT2D eigenvalue weighted by atomic mass is 16.5. The van der Waals surface area contributed by atoms with Crippen molar-refractivity contribution in [1.29, 1.82) is 0 Å². The summed E-state index contributed by atoms with van der Waals surface area (Å²) in [5.74, 6) is 1.21. The van der Waals surface area contributed by atoms with Crippen LogP contribution in [0, 0.1) is 6.92 Å². The Hall–Kier alpha value is -4.11. The van der Waals surface area contributed by atoms with E-state index in [2.05, 4.69) is 35.5 Å². The summed E-state index contributed by atoms with van der Waals surface area (Å²) in [6.07, 6.45) is 3.24. The Balaban J connectivity index is 1.26. The fourth-order valence-electron chi connectivity index (χ4n) is 3.64. The first kappa shape index (κ1) is 20.8. The number of carbonyl (C=O) groups is 1. The topological polar surface area (TPSA) is 105 Å². The Kier molecular flexibility index (Phi) is 5.77. The predicted molar refractivity (Wildman–Crippen MR) is 127 cm³/mol. The van der Waals surface area contributed by atoms with Gasteiger partial charge in [0.2, 0.25) is 5.95 Å². The normalized spacial score (nSPS) is 13.7. The summed E-state index contributed by atoms with van der Waals surface area (Å²) in [7, 11) is 0. The molecule has 0 bridgehead atoms. The second-order valence-corrected chi connectivity index (χ2v) is 7.71. The highest BCUT2D eigenvalue weighted by Crippen LogP contribution is 2.21. The number of anilines is 4. The van der Waals surface area contributed by atoms with Gasteiger partial charge in [0.1, 0.15) is 5.82 Å². The molecule has 5 rings (SSSR count). The van der Waals surface area contributed by atoms with E-state index in [0.29, 0.717) is 35.9 Å². The average Bonchev–Trinajstić information content (AvgIpc) is 2.85. The first-order chi connectivity index (χ1) is 16.1. The summed E-state index contributed by atoms with van der Waals surface area (Å²) >= 11 is 0. The minimum atomic E-state index is -0.208. The number of benzene rings is 2. The van der Waals surface area contributed by atoms with E-state index < -0.39 is 0 Å². The van der Waals surface area contributed by atoms with Gasteiger partial charge in [-0.15, -0.1) is 0 Å². The number of nitrogens with one attached hydrogen (secondary N) is 2. The molecule has 0 unspecified atom stereocenters. The van der Waals surface area contributed by atoms with E-state index >= 15 is 0 Å². The fraction of sp³-hybridized carbons (Fsp3) is 0.208. The van der Waals surface area contributed by atoms with Crippen molar-refractivity contribution < 1.29 is 9.53 Å². The lowest BCUT2D eigenvalue weighted by atomic mass is 10.1. The molecular formula is C24H23N7O2. The van der Waals surface area contributed by atoms with Gasteiger partial charge in [0, 0.05) is 54.2 Å². The van der Waals surface area contributed by atoms with Crippen LogP contribution in [-0.4, -0.2) is 52.1 Å². The van der Waals surface area contributed by atoms with E-state index in [1.807, 2.05) is 37.3 Å². The molecule has 9 nitrogen and oxygen atoms in total. The standard InChI is InChI=1S/C24H23N7O2/c1-16-14-22(31-10-12-33-13-11-31)30-24(27-16)29-19-5-3-18(4-6-19)28-23(32)17-2-7-20-21(15-17)26-9-8-25-20/h2-9,14-15H,10-13H2,1H3,(H,28,32)(H,27,29,30). The second-order valence-electron chi connectivity index (χ2n) is 7.71. The van der Waals surface area contributed by atoms with Crippen molar-refractivity contribution in [3.8, 4) is 0 Å². The number of nitrogens with zero attached hydrogens (tertiary/aromatic N) is 5. The third kappa shape index (κ3) is 4.88.